The van der Waals surface area contributed by atoms with Crippen LogP contribution >= 0.6 is 47.8 Å². The molecule has 0 atom stereocenters. The lowest BCUT2D eigenvalue weighted by atomic mass is 10.0. The van der Waals surface area contributed by atoms with E-state index >= 15 is 0 Å². The maximum absolute atomic E-state index is 13.6. The van der Waals surface area contributed by atoms with Gasteiger partial charge in [0, 0.05) is 25.4 Å². The van der Waals surface area contributed by atoms with Crippen molar-refractivity contribution >= 4 is 53.6 Å². The molecule has 0 bridgehead atoms. The summed E-state index contributed by atoms with van der Waals surface area (Å²) >= 11 is 9.93. The third-order valence-corrected chi connectivity index (χ3v) is 3.95. The molecule has 0 aromatic heterocycles. The van der Waals surface area contributed by atoms with Crippen molar-refractivity contribution in [1.82, 2.24) is 0 Å². The number of ketones is 1. The fourth-order valence-corrected chi connectivity index (χ4v) is 3.37. The highest BCUT2D eigenvalue weighted by Crippen LogP contribution is 2.22. The largest absolute Gasteiger partial charge is 0.294 e. The zero-order valence-corrected chi connectivity index (χ0v) is 14.3. The van der Waals surface area contributed by atoms with E-state index in [1.54, 1.807) is 24.3 Å². The second-order valence-corrected chi connectivity index (χ2v) is 6.74. The summed E-state index contributed by atoms with van der Waals surface area (Å²) in [5.74, 6) is -0.496. The fraction of sp³-hybridized carbons (Fsp3) is 0.0714. The first-order valence-corrected chi connectivity index (χ1v) is 7.77. The summed E-state index contributed by atoms with van der Waals surface area (Å²) < 4.78 is 16.0. The van der Waals surface area contributed by atoms with Crippen molar-refractivity contribution in [1.29, 1.82) is 0 Å². The van der Waals surface area contributed by atoms with E-state index in [0.29, 0.717) is 11.1 Å². The van der Waals surface area contributed by atoms with E-state index in [0.717, 1.165) is 13.4 Å². The van der Waals surface area contributed by atoms with Crippen LogP contribution in [0.2, 0.25) is 0 Å². The number of halogens is 4. The van der Waals surface area contributed by atoms with Crippen LogP contribution in [0, 0.1) is 5.82 Å². The standard InChI is InChI=1S/C14H8Br3FO/c15-10-1-2-13(18)8(3-10)6-14(19)9-4-11(16)7-12(17)5-9/h1-5,7H,6H2. The number of Topliss-reactive ketones (excluding diaryl/α,β-unsaturated/α-hetero) is 1. The average molecular weight is 451 g/mol. The molecule has 0 spiro atoms. The van der Waals surface area contributed by atoms with Crippen LogP contribution in [0.3, 0.4) is 0 Å². The second kappa shape index (κ2) is 6.29. The molecule has 0 unspecified atom stereocenters. The second-order valence-electron chi connectivity index (χ2n) is 3.99. The van der Waals surface area contributed by atoms with Crippen LogP contribution in [0.15, 0.2) is 49.8 Å². The van der Waals surface area contributed by atoms with Crippen LogP contribution in [-0.4, -0.2) is 5.78 Å². The predicted molar refractivity (Wildman–Crippen MR) is 84.0 cm³/mol. The van der Waals surface area contributed by atoms with E-state index < -0.39 is 0 Å². The van der Waals surface area contributed by atoms with Gasteiger partial charge in [0.1, 0.15) is 5.82 Å². The summed E-state index contributed by atoms with van der Waals surface area (Å²) in [4.78, 5) is 12.2. The van der Waals surface area contributed by atoms with Crippen molar-refractivity contribution < 1.29 is 9.18 Å². The quantitative estimate of drug-likeness (QED) is 0.561. The Kier molecular flexibility index (Phi) is 4.92. The Balaban J connectivity index is 2.28. The zero-order chi connectivity index (χ0) is 14.0. The molecule has 0 fully saturated rings. The van der Waals surface area contributed by atoms with E-state index in [1.807, 2.05) is 6.07 Å². The van der Waals surface area contributed by atoms with Gasteiger partial charge < -0.3 is 0 Å². The van der Waals surface area contributed by atoms with Crippen molar-refractivity contribution in [3.8, 4) is 0 Å². The highest BCUT2D eigenvalue weighted by molar-refractivity contribution is 9.11. The maximum atomic E-state index is 13.6. The molecule has 1 nitrogen and oxygen atoms in total. The van der Waals surface area contributed by atoms with Crippen molar-refractivity contribution in [3.05, 3.63) is 66.8 Å². The summed E-state index contributed by atoms with van der Waals surface area (Å²) in [5, 5.41) is 0. The lowest BCUT2D eigenvalue weighted by molar-refractivity contribution is 0.0991. The Morgan fingerprint density at radius 3 is 2.21 bits per heavy atom. The summed E-state index contributed by atoms with van der Waals surface area (Å²) in [6, 6.07) is 9.88. The van der Waals surface area contributed by atoms with Crippen LogP contribution in [-0.2, 0) is 6.42 Å². The minimum atomic E-state index is -0.370. The van der Waals surface area contributed by atoms with Crippen LogP contribution in [0.4, 0.5) is 4.39 Å². The third-order valence-electron chi connectivity index (χ3n) is 2.54. The van der Waals surface area contributed by atoms with Gasteiger partial charge in [0.15, 0.2) is 5.78 Å². The summed E-state index contributed by atoms with van der Waals surface area (Å²) in [6.45, 7) is 0. The van der Waals surface area contributed by atoms with Crippen LogP contribution in [0.5, 0.6) is 0 Å². The SMILES string of the molecule is O=C(Cc1cc(Br)ccc1F)c1cc(Br)cc(Br)c1. The van der Waals surface area contributed by atoms with Gasteiger partial charge in [-0.05, 0) is 42.0 Å². The average Bonchev–Trinajstić information content (AvgIpc) is 2.32. The molecular formula is C14H8Br3FO. The molecule has 0 amide bonds. The monoisotopic (exact) mass is 448 g/mol. The first-order valence-electron chi connectivity index (χ1n) is 5.39. The van der Waals surface area contributed by atoms with E-state index in [4.69, 9.17) is 0 Å². The van der Waals surface area contributed by atoms with Crippen LogP contribution in [0.25, 0.3) is 0 Å². The van der Waals surface area contributed by atoms with Gasteiger partial charge >= 0.3 is 0 Å². The molecule has 0 saturated heterocycles. The Morgan fingerprint density at radius 1 is 0.947 bits per heavy atom. The summed E-state index contributed by atoms with van der Waals surface area (Å²) in [5.41, 5.74) is 0.927. The molecular weight excluding hydrogens is 443 g/mol. The first kappa shape index (κ1) is 14.9. The number of carbonyl (C=O) groups excluding carboxylic acids is 1. The molecule has 2 aromatic carbocycles. The smallest absolute Gasteiger partial charge is 0.167 e. The van der Waals surface area contributed by atoms with E-state index in [1.165, 1.54) is 6.07 Å². The lowest BCUT2D eigenvalue weighted by Crippen LogP contribution is -2.05. The summed E-state index contributed by atoms with van der Waals surface area (Å²) in [7, 11) is 0. The van der Waals surface area contributed by atoms with Gasteiger partial charge in [-0.1, -0.05) is 47.8 Å². The predicted octanol–water partition coefficient (Wildman–Crippen LogP) is 5.54. The molecule has 0 aliphatic rings. The topological polar surface area (TPSA) is 17.1 Å². The molecule has 0 saturated carbocycles. The molecule has 19 heavy (non-hydrogen) atoms. The van der Waals surface area contributed by atoms with Crippen LogP contribution < -0.4 is 0 Å². The molecule has 0 N–H and O–H groups in total. The number of benzene rings is 2. The summed E-state index contributed by atoms with van der Waals surface area (Å²) in [6.07, 6.45) is 0.0359. The fourth-order valence-electron chi connectivity index (χ4n) is 1.67. The van der Waals surface area contributed by atoms with Crippen molar-refractivity contribution in [2.24, 2.45) is 0 Å². The van der Waals surface area contributed by atoms with Gasteiger partial charge in [-0.25, -0.2) is 4.39 Å². The van der Waals surface area contributed by atoms with Crippen molar-refractivity contribution in [2.75, 3.05) is 0 Å². The Labute approximate surface area is 135 Å². The molecule has 0 heterocycles. The van der Waals surface area contributed by atoms with Gasteiger partial charge in [0.2, 0.25) is 0 Å². The highest BCUT2D eigenvalue weighted by Gasteiger charge is 2.12. The van der Waals surface area contributed by atoms with Crippen molar-refractivity contribution in [2.45, 2.75) is 6.42 Å². The van der Waals surface area contributed by atoms with E-state index in [-0.39, 0.29) is 18.0 Å². The van der Waals surface area contributed by atoms with Gasteiger partial charge in [0.05, 0.1) is 0 Å². The van der Waals surface area contributed by atoms with E-state index in [9.17, 15) is 9.18 Å². The molecule has 0 aliphatic carbocycles. The highest BCUT2D eigenvalue weighted by atomic mass is 79.9. The lowest BCUT2D eigenvalue weighted by Gasteiger charge is -2.05. The third kappa shape index (κ3) is 3.97. The Morgan fingerprint density at radius 2 is 1.58 bits per heavy atom. The number of hydrogen-bond acceptors (Lipinski definition) is 1. The van der Waals surface area contributed by atoms with Gasteiger partial charge in [-0.15, -0.1) is 0 Å². The van der Waals surface area contributed by atoms with Crippen LogP contribution in [0.1, 0.15) is 15.9 Å². The minimum absolute atomic E-state index is 0.0359. The van der Waals surface area contributed by atoms with Gasteiger partial charge in [0.25, 0.3) is 0 Å². The van der Waals surface area contributed by atoms with Crippen molar-refractivity contribution in [3.63, 3.8) is 0 Å². The molecule has 2 aromatic rings. The minimum Gasteiger partial charge on any atom is -0.294 e. The molecule has 0 radical (unpaired) electrons. The first-order chi connectivity index (χ1) is 8.95. The number of hydrogen-bond donors (Lipinski definition) is 0. The van der Waals surface area contributed by atoms with Gasteiger partial charge in [-0.3, -0.25) is 4.79 Å². The molecule has 98 valence electrons. The maximum Gasteiger partial charge on any atom is 0.167 e. The molecule has 5 heteroatoms. The van der Waals surface area contributed by atoms with E-state index in [2.05, 4.69) is 47.8 Å². The number of rotatable bonds is 3. The normalized spacial score (nSPS) is 10.5. The molecule has 2 rings (SSSR count). The Bertz CT molecular complexity index is 620. The zero-order valence-electron chi connectivity index (χ0n) is 9.59. The molecule has 0 aliphatic heterocycles. The Hall–Kier alpha value is -0.520. The van der Waals surface area contributed by atoms with Gasteiger partial charge in [-0.2, -0.15) is 0 Å². The number of carbonyl (C=O) groups is 1.